The van der Waals surface area contributed by atoms with Crippen molar-refractivity contribution >= 4 is 22.7 Å². The van der Waals surface area contributed by atoms with Crippen molar-refractivity contribution in [3.63, 3.8) is 0 Å². The third-order valence-electron chi connectivity index (χ3n) is 5.12. The molecular formula is C21H20N4O3. The lowest BCUT2D eigenvalue weighted by atomic mass is 10.1. The lowest BCUT2D eigenvalue weighted by Crippen LogP contribution is -2.39. The van der Waals surface area contributed by atoms with Crippen LogP contribution in [0.1, 0.15) is 29.2 Å². The molecule has 1 N–H and O–H groups in total. The van der Waals surface area contributed by atoms with Gasteiger partial charge in [-0.25, -0.2) is 9.97 Å². The summed E-state index contributed by atoms with van der Waals surface area (Å²) in [5.74, 6) is 0.531. The number of hydrogen-bond donors (Lipinski definition) is 1. The number of carbonyl (C=O) groups is 1. The Labute approximate surface area is 161 Å². The maximum absolute atomic E-state index is 12.8. The minimum Gasteiger partial charge on any atom is -0.441 e. The molecule has 1 fully saturated rings. The van der Waals surface area contributed by atoms with Crippen LogP contribution in [0.3, 0.4) is 0 Å². The van der Waals surface area contributed by atoms with Gasteiger partial charge in [0.1, 0.15) is 16.9 Å². The fourth-order valence-electron chi connectivity index (χ4n) is 3.64. The number of fused-ring (bicyclic) bond motifs is 2. The van der Waals surface area contributed by atoms with E-state index in [1.54, 1.807) is 6.20 Å². The van der Waals surface area contributed by atoms with Gasteiger partial charge >= 0.3 is 0 Å². The molecule has 28 heavy (non-hydrogen) atoms. The number of imidazole rings is 1. The molecule has 1 aromatic carbocycles. The average molecular weight is 376 g/mol. The Morgan fingerprint density at radius 2 is 2.00 bits per heavy atom. The van der Waals surface area contributed by atoms with Crippen LogP contribution in [0.5, 0.6) is 0 Å². The van der Waals surface area contributed by atoms with Crippen LogP contribution < -0.4 is 5.32 Å². The van der Waals surface area contributed by atoms with Crippen LogP contribution in [0.4, 0.5) is 0 Å². The van der Waals surface area contributed by atoms with E-state index in [1.807, 2.05) is 47.9 Å². The second kappa shape index (κ2) is 6.76. The van der Waals surface area contributed by atoms with Crippen LogP contribution in [-0.2, 0) is 4.74 Å². The van der Waals surface area contributed by atoms with Gasteiger partial charge in [-0.3, -0.25) is 9.20 Å². The first-order valence-corrected chi connectivity index (χ1v) is 9.41. The van der Waals surface area contributed by atoms with E-state index in [0.29, 0.717) is 24.8 Å². The normalized spacial score (nSPS) is 15.3. The Morgan fingerprint density at radius 3 is 2.86 bits per heavy atom. The topological polar surface area (TPSA) is 81.7 Å². The number of ether oxygens (including phenoxy) is 1. The molecule has 142 valence electrons. The number of carbonyl (C=O) groups excluding carboxylic acids is 1. The number of aryl methyl sites for hydroxylation is 1. The molecule has 1 saturated heterocycles. The fraction of sp³-hybridized carbons (Fsp3) is 0.286. The molecule has 7 nitrogen and oxygen atoms in total. The number of oxazole rings is 1. The quantitative estimate of drug-likeness (QED) is 0.593. The molecule has 3 aromatic heterocycles. The smallest absolute Gasteiger partial charge is 0.270 e. The molecule has 0 spiro atoms. The number of rotatable bonds is 3. The number of aromatic nitrogens is 3. The summed E-state index contributed by atoms with van der Waals surface area (Å²) in [6.07, 6.45) is 5.24. The highest BCUT2D eigenvalue weighted by atomic mass is 16.5. The van der Waals surface area contributed by atoms with E-state index in [2.05, 4.69) is 15.3 Å². The monoisotopic (exact) mass is 376 g/mol. The third-order valence-corrected chi connectivity index (χ3v) is 5.12. The van der Waals surface area contributed by atoms with Crippen molar-refractivity contribution in [2.75, 3.05) is 13.2 Å². The van der Waals surface area contributed by atoms with Crippen LogP contribution in [0.25, 0.3) is 27.9 Å². The van der Waals surface area contributed by atoms with E-state index in [4.69, 9.17) is 9.15 Å². The zero-order valence-electron chi connectivity index (χ0n) is 15.5. The van der Waals surface area contributed by atoms with Gasteiger partial charge < -0.3 is 14.5 Å². The van der Waals surface area contributed by atoms with Gasteiger partial charge in [0.25, 0.3) is 5.91 Å². The number of pyridine rings is 1. The largest absolute Gasteiger partial charge is 0.441 e. The second-order valence-electron chi connectivity index (χ2n) is 7.06. The molecule has 7 heteroatoms. The summed E-state index contributed by atoms with van der Waals surface area (Å²) in [6.45, 7) is 3.21. The van der Waals surface area contributed by atoms with Gasteiger partial charge in [0.05, 0.1) is 6.20 Å². The van der Waals surface area contributed by atoms with Crippen molar-refractivity contribution in [3.05, 3.63) is 54.3 Å². The van der Waals surface area contributed by atoms with Crippen LogP contribution in [0, 0.1) is 6.92 Å². The summed E-state index contributed by atoms with van der Waals surface area (Å²) < 4.78 is 12.7. The molecular weight excluding hydrogens is 356 g/mol. The minimum absolute atomic E-state index is 0.112. The Kier molecular flexibility index (Phi) is 4.09. The van der Waals surface area contributed by atoms with Crippen molar-refractivity contribution in [3.8, 4) is 11.1 Å². The molecule has 1 aliphatic rings. The van der Waals surface area contributed by atoms with Crippen molar-refractivity contribution in [1.29, 1.82) is 0 Å². The first-order valence-electron chi connectivity index (χ1n) is 9.41. The Balaban J connectivity index is 1.49. The Morgan fingerprint density at radius 1 is 1.18 bits per heavy atom. The SMILES string of the molecule is Cc1nc2cc(-c3ccc4ncc(C(=O)NC5CCOCC5)n4c3)ccc2o1. The van der Waals surface area contributed by atoms with E-state index in [1.165, 1.54) is 0 Å². The average Bonchev–Trinajstić information content (AvgIpc) is 3.29. The summed E-state index contributed by atoms with van der Waals surface area (Å²) >= 11 is 0. The van der Waals surface area contributed by atoms with E-state index >= 15 is 0 Å². The molecule has 0 bridgehead atoms. The van der Waals surface area contributed by atoms with E-state index in [9.17, 15) is 4.79 Å². The first kappa shape index (κ1) is 16.9. The van der Waals surface area contributed by atoms with Gasteiger partial charge in [-0.2, -0.15) is 0 Å². The zero-order chi connectivity index (χ0) is 19.1. The highest BCUT2D eigenvalue weighted by Crippen LogP contribution is 2.25. The molecule has 0 aliphatic carbocycles. The van der Waals surface area contributed by atoms with Crippen LogP contribution in [0.2, 0.25) is 0 Å². The van der Waals surface area contributed by atoms with Gasteiger partial charge in [0, 0.05) is 32.4 Å². The standard InChI is InChI=1S/C21H20N4O3/c1-13-23-17-10-14(2-4-19(17)28-13)15-3-5-20-22-11-18(25(20)12-15)21(26)24-16-6-8-27-9-7-16/h2-5,10-12,16H,6-9H2,1H3,(H,24,26). The molecule has 0 atom stereocenters. The van der Waals surface area contributed by atoms with Gasteiger partial charge in [0.15, 0.2) is 11.5 Å². The zero-order valence-corrected chi connectivity index (χ0v) is 15.5. The van der Waals surface area contributed by atoms with E-state index < -0.39 is 0 Å². The van der Waals surface area contributed by atoms with Crippen molar-refractivity contribution in [2.24, 2.45) is 0 Å². The van der Waals surface area contributed by atoms with Gasteiger partial charge in [0.2, 0.25) is 0 Å². The summed E-state index contributed by atoms with van der Waals surface area (Å²) in [6, 6.07) is 9.96. The number of amides is 1. The third kappa shape index (κ3) is 3.03. The lowest BCUT2D eigenvalue weighted by molar-refractivity contribution is 0.0694. The predicted octanol–water partition coefficient (Wildman–Crippen LogP) is 3.36. The fourth-order valence-corrected chi connectivity index (χ4v) is 3.64. The molecule has 5 rings (SSSR count). The molecule has 0 radical (unpaired) electrons. The lowest BCUT2D eigenvalue weighted by Gasteiger charge is -2.22. The van der Waals surface area contributed by atoms with Crippen molar-refractivity contribution < 1.29 is 13.9 Å². The summed E-state index contributed by atoms with van der Waals surface area (Å²) in [5.41, 5.74) is 4.83. The van der Waals surface area contributed by atoms with Crippen LogP contribution in [-0.4, -0.2) is 39.5 Å². The first-order chi connectivity index (χ1) is 13.7. The minimum atomic E-state index is -0.112. The highest BCUT2D eigenvalue weighted by molar-refractivity contribution is 5.93. The predicted molar refractivity (Wildman–Crippen MR) is 104 cm³/mol. The van der Waals surface area contributed by atoms with E-state index in [0.717, 1.165) is 40.7 Å². The Bertz CT molecular complexity index is 1170. The molecule has 0 saturated carbocycles. The van der Waals surface area contributed by atoms with Crippen LogP contribution in [0.15, 0.2) is 47.1 Å². The van der Waals surface area contributed by atoms with Crippen LogP contribution >= 0.6 is 0 Å². The Hall–Kier alpha value is -3.19. The van der Waals surface area contributed by atoms with Gasteiger partial charge in [-0.15, -0.1) is 0 Å². The number of nitrogens with one attached hydrogen (secondary N) is 1. The van der Waals surface area contributed by atoms with E-state index in [-0.39, 0.29) is 11.9 Å². The molecule has 1 aliphatic heterocycles. The number of benzene rings is 1. The summed E-state index contributed by atoms with van der Waals surface area (Å²) in [4.78, 5) is 21.6. The van der Waals surface area contributed by atoms with Crippen molar-refractivity contribution in [1.82, 2.24) is 19.7 Å². The second-order valence-corrected chi connectivity index (χ2v) is 7.06. The highest BCUT2D eigenvalue weighted by Gasteiger charge is 2.19. The maximum Gasteiger partial charge on any atom is 0.270 e. The number of nitrogens with zero attached hydrogens (tertiary/aromatic N) is 3. The molecule has 1 amide bonds. The molecule has 4 aromatic rings. The summed E-state index contributed by atoms with van der Waals surface area (Å²) in [7, 11) is 0. The molecule has 0 unspecified atom stereocenters. The maximum atomic E-state index is 12.8. The summed E-state index contributed by atoms with van der Waals surface area (Å²) in [5, 5.41) is 3.10. The van der Waals surface area contributed by atoms with Crippen molar-refractivity contribution in [2.45, 2.75) is 25.8 Å². The number of hydrogen-bond acceptors (Lipinski definition) is 5. The van der Waals surface area contributed by atoms with Gasteiger partial charge in [-0.1, -0.05) is 6.07 Å². The van der Waals surface area contributed by atoms with Gasteiger partial charge in [-0.05, 0) is 48.2 Å². The molecule has 4 heterocycles.